The van der Waals surface area contributed by atoms with Crippen molar-refractivity contribution in [2.75, 3.05) is 19.6 Å². The summed E-state index contributed by atoms with van der Waals surface area (Å²) in [7, 11) is 0. The number of ether oxygens (including phenoxy) is 1. The van der Waals surface area contributed by atoms with E-state index in [2.05, 4.69) is 74.5 Å². The minimum Gasteiger partial charge on any atom is -0.489 e. The van der Waals surface area contributed by atoms with Crippen LogP contribution in [0.25, 0.3) is 21.5 Å². The van der Waals surface area contributed by atoms with E-state index < -0.39 is 5.97 Å². The van der Waals surface area contributed by atoms with E-state index in [1.807, 2.05) is 47.6 Å². The van der Waals surface area contributed by atoms with Gasteiger partial charge in [-0.1, -0.05) is 75.2 Å². The molecular weight excluding hydrogens is 645 g/mol. The topological polar surface area (TPSA) is 87.9 Å². The number of thiophene rings is 1. The molecular formula is C41H50N4O4S. The van der Waals surface area contributed by atoms with Gasteiger partial charge in [0.25, 0.3) is 0 Å². The highest BCUT2D eigenvalue weighted by Gasteiger charge is 2.21. The molecule has 1 N–H and O–H groups in total. The normalized spacial score (nSPS) is 11.5. The summed E-state index contributed by atoms with van der Waals surface area (Å²) in [5.41, 5.74) is 5.26. The minimum absolute atomic E-state index is 0.0154. The van der Waals surface area contributed by atoms with Crippen molar-refractivity contribution in [1.82, 2.24) is 19.4 Å². The third kappa shape index (κ3) is 9.61. The Bertz CT molecular complexity index is 1820. The lowest BCUT2D eigenvalue weighted by molar-refractivity contribution is -0.138. The number of aromatic nitrogens is 2. The SMILES string of the molecule is CCCC(CCC)c1ccc(OCc2ccc(-c3ccc(CN(CC(=O)O)Cc4nc5ccccc5n4CC(=O)N(CC)CC)s3)cc2)cc1. The van der Waals surface area contributed by atoms with E-state index in [-0.39, 0.29) is 19.0 Å². The highest BCUT2D eigenvalue weighted by atomic mass is 32.1. The van der Waals surface area contributed by atoms with Crippen molar-refractivity contribution < 1.29 is 19.4 Å². The van der Waals surface area contributed by atoms with E-state index in [4.69, 9.17) is 9.72 Å². The highest BCUT2D eigenvalue weighted by Crippen LogP contribution is 2.31. The number of fused-ring (bicyclic) bond motifs is 1. The fourth-order valence-electron chi connectivity index (χ4n) is 6.57. The van der Waals surface area contributed by atoms with Crippen molar-refractivity contribution in [2.24, 2.45) is 0 Å². The molecule has 0 atom stereocenters. The van der Waals surface area contributed by atoms with Crippen LogP contribution in [0.3, 0.4) is 0 Å². The lowest BCUT2D eigenvalue weighted by atomic mass is 9.90. The molecule has 8 nitrogen and oxygen atoms in total. The van der Waals surface area contributed by atoms with Gasteiger partial charge in [0, 0.05) is 29.4 Å². The highest BCUT2D eigenvalue weighted by molar-refractivity contribution is 7.15. The molecule has 0 saturated heterocycles. The molecule has 0 aliphatic heterocycles. The van der Waals surface area contributed by atoms with Crippen LogP contribution in [-0.2, 0) is 35.8 Å². The molecule has 9 heteroatoms. The fourth-order valence-corrected chi connectivity index (χ4v) is 7.63. The van der Waals surface area contributed by atoms with Crippen LogP contribution in [0, 0.1) is 0 Å². The van der Waals surface area contributed by atoms with Gasteiger partial charge in [-0.3, -0.25) is 14.5 Å². The summed E-state index contributed by atoms with van der Waals surface area (Å²) >= 11 is 1.65. The molecule has 2 aromatic heterocycles. The molecule has 0 fully saturated rings. The van der Waals surface area contributed by atoms with Gasteiger partial charge in [0.05, 0.1) is 24.1 Å². The molecule has 0 spiro atoms. The van der Waals surface area contributed by atoms with Crippen LogP contribution in [0.5, 0.6) is 5.75 Å². The zero-order chi connectivity index (χ0) is 35.5. The smallest absolute Gasteiger partial charge is 0.317 e. The number of imidazole rings is 1. The molecule has 50 heavy (non-hydrogen) atoms. The lowest BCUT2D eigenvalue weighted by Crippen LogP contribution is -2.35. The molecule has 1 amide bonds. The van der Waals surface area contributed by atoms with Gasteiger partial charge < -0.3 is 19.3 Å². The molecule has 0 saturated carbocycles. The van der Waals surface area contributed by atoms with Crippen LogP contribution in [-0.4, -0.2) is 56.0 Å². The number of para-hydroxylation sites is 2. The first-order chi connectivity index (χ1) is 24.3. The minimum atomic E-state index is -0.908. The quantitative estimate of drug-likeness (QED) is 0.0929. The number of carbonyl (C=O) groups is 2. The van der Waals surface area contributed by atoms with Crippen LogP contribution in [0.4, 0.5) is 0 Å². The Kier molecular flexibility index (Phi) is 13.2. The summed E-state index contributed by atoms with van der Waals surface area (Å²) in [4.78, 5) is 35.7. The number of carboxylic acids is 1. The number of rotatable bonds is 19. The summed E-state index contributed by atoms with van der Waals surface area (Å²) in [5, 5.41) is 9.79. The second-order valence-electron chi connectivity index (χ2n) is 12.8. The Morgan fingerprint density at radius 2 is 1.56 bits per heavy atom. The van der Waals surface area contributed by atoms with E-state index in [0.717, 1.165) is 37.7 Å². The second kappa shape index (κ2) is 18.0. The molecule has 0 aliphatic carbocycles. The van der Waals surface area contributed by atoms with E-state index in [0.29, 0.717) is 44.5 Å². The number of likely N-dealkylation sites (N-methyl/N-ethyl adjacent to an activating group) is 1. The number of benzene rings is 3. The summed E-state index contributed by atoms with van der Waals surface area (Å²) in [6.07, 6.45) is 4.83. The summed E-state index contributed by atoms with van der Waals surface area (Å²) < 4.78 is 8.05. The summed E-state index contributed by atoms with van der Waals surface area (Å²) in [6.45, 7) is 11.0. The van der Waals surface area contributed by atoms with Crippen molar-refractivity contribution in [3.8, 4) is 16.2 Å². The van der Waals surface area contributed by atoms with E-state index in [9.17, 15) is 14.7 Å². The van der Waals surface area contributed by atoms with Crippen molar-refractivity contribution >= 4 is 34.2 Å². The zero-order valence-corrected chi connectivity index (χ0v) is 30.6. The van der Waals surface area contributed by atoms with E-state index >= 15 is 0 Å². The largest absolute Gasteiger partial charge is 0.489 e. The third-order valence-corrected chi connectivity index (χ3v) is 10.3. The monoisotopic (exact) mass is 694 g/mol. The van der Waals surface area contributed by atoms with Gasteiger partial charge in [-0.25, -0.2) is 4.98 Å². The first kappa shape index (κ1) is 36.8. The van der Waals surface area contributed by atoms with Gasteiger partial charge in [-0.2, -0.15) is 0 Å². The third-order valence-electron chi connectivity index (χ3n) is 9.18. The lowest BCUT2D eigenvalue weighted by Gasteiger charge is -2.22. The molecule has 0 radical (unpaired) electrons. The Labute approximate surface area is 300 Å². The fraction of sp³-hybridized carbons (Fsp3) is 0.390. The van der Waals surface area contributed by atoms with Crippen LogP contribution >= 0.6 is 11.3 Å². The van der Waals surface area contributed by atoms with Gasteiger partial charge >= 0.3 is 5.97 Å². The van der Waals surface area contributed by atoms with E-state index in [1.165, 1.54) is 31.2 Å². The van der Waals surface area contributed by atoms with Gasteiger partial charge in [0.2, 0.25) is 5.91 Å². The first-order valence-corrected chi connectivity index (χ1v) is 18.7. The number of hydrogen-bond acceptors (Lipinski definition) is 6. The predicted octanol–water partition coefficient (Wildman–Crippen LogP) is 8.98. The standard InChI is InChI=1S/C41H50N4O4S/c1-5-11-31(12-6-2)32-19-21-34(22-20-32)49-29-30-15-17-33(18-16-30)38-24-23-35(50-38)25-43(28-41(47)48)26-39-42-36-13-9-10-14-37(36)45(39)27-40(46)44(7-3)8-4/h9-10,13-24,31H,5-8,11-12,25-29H2,1-4H3,(H,47,48). The Morgan fingerprint density at radius 1 is 0.860 bits per heavy atom. The average molecular weight is 695 g/mol. The van der Waals surface area contributed by atoms with Crippen LogP contribution in [0.15, 0.2) is 84.9 Å². The van der Waals surface area contributed by atoms with Gasteiger partial charge in [0.15, 0.2) is 0 Å². The number of nitrogens with zero attached hydrogens (tertiary/aromatic N) is 4. The molecule has 5 rings (SSSR count). The number of aliphatic carboxylic acids is 1. The van der Waals surface area contributed by atoms with Crippen molar-refractivity contribution in [1.29, 1.82) is 0 Å². The maximum atomic E-state index is 13.1. The average Bonchev–Trinajstić information content (AvgIpc) is 3.72. The molecule has 2 heterocycles. The van der Waals surface area contributed by atoms with Crippen LogP contribution in [0.2, 0.25) is 0 Å². The van der Waals surface area contributed by atoms with E-state index in [1.54, 1.807) is 16.2 Å². The molecule has 5 aromatic rings. The maximum absolute atomic E-state index is 13.1. The Hall–Kier alpha value is -4.47. The number of amides is 1. The van der Waals surface area contributed by atoms with Crippen molar-refractivity contribution in [3.63, 3.8) is 0 Å². The zero-order valence-electron chi connectivity index (χ0n) is 29.8. The molecule has 0 unspecified atom stereocenters. The summed E-state index contributed by atoms with van der Waals surface area (Å²) in [6, 6.07) is 28.9. The van der Waals surface area contributed by atoms with Crippen molar-refractivity contribution in [2.45, 2.75) is 85.5 Å². The second-order valence-corrected chi connectivity index (χ2v) is 14.0. The van der Waals surface area contributed by atoms with Gasteiger partial charge in [0.1, 0.15) is 24.7 Å². The molecule has 3 aromatic carbocycles. The number of hydrogen-bond donors (Lipinski definition) is 1. The van der Waals surface area contributed by atoms with Crippen LogP contribution in [0.1, 0.15) is 81.1 Å². The molecule has 264 valence electrons. The first-order valence-electron chi connectivity index (χ1n) is 17.9. The number of carboxylic acid groups (broad SMARTS) is 1. The molecule has 0 aliphatic rings. The van der Waals surface area contributed by atoms with Crippen LogP contribution < -0.4 is 4.74 Å². The molecule has 0 bridgehead atoms. The Morgan fingerprint density at radius 3 is 2.22 bits per heavy atom. The summed E-state index contributed by atoms with van der Waals surface area (Å²) in [5.74, 6) is 1.28. The Balaban J connectivity index is 1.24. The predicted molar refractivity (Wildman–Crippen MR) is 202 cm³/mol. The van der Waals surface area contributed by atoms with Gasteiger partial charge in [-0.05, 0) is 85.7 Å². The maximum Gasteiger partial charge on any atom is 0.317 e. The van der Waals surface area contributed by atoms with Gasteiger partial charge in [-0.15, -0.1) is 11.3 Å². The number of carbonyl (C=O) groups excluding carboxylic acids is 1. The van der Waals surface area contributed by atoms with Crippen molar-refractivity contribution in [3.05, 3.63) is 107 Å².